The fourth-order valence-corrected chi connectivity index (χ4v) is 2.00. The maximum Gasteiger partial charge on any atom is 0.229 e. The van der Waals surface area contributed by atoms with Crippen LogP contribution >= 0.6 is 0 Å². The zero-order valence-corrected chi connectivity index (χ0v) is 15.3. The topological polar surface area (TPSA) is 58.5 Å². The first-order chi connectivity index (χ1) is 12.0. The summed E-state index contributed by atoms with van der Waals surface area (Å²) in [7, 11) is 7.09. The van der Waals surface area contributed by atoms with Crippen LogP contribution in [0.15, 0.2) is 58.5 Å². The van der Waals surface area contributed by atoms with E-state index in [0.717, 1.165) is 17.2 Å². The van der Waals surface area contributed by atoms with E-state index in [2.05, 4.69) is 15.3 Å². The molecule has 132 valence electrons. The van der Waals surface area contributed by atoms with Crippen molar-refractivity contribution in [1.29, 1.82) is 0 Å². The van der Waals surface area contributed by atoms with Crippen LogP contribution < -0.4 is 14.8 Å². The lowest BCUT2D eigenvalue weighted by molar-refractivity contribution is 0.355. The van der Waals surface area contributed by atoms with Crippen LogP contribution in [0.5, 0.6) is 11.5 Å². The number of benzene rings is 2. The quantitative estimate of drug-likeness (QED) is 0.680. The van der Waals surface area contributed by atoms with Gasteiger partial charge in [0.25, 0.3) is 0 Å². The van der Waals surface area contributed by atoms with Crippen LogP contribution in [0.25, 0.3) is 0 Å². The van der Waals surface area contributed by atoms with Crippen molar-refractivity contribution in [3.05, 3.63) is 48.5 Å². The smallest absolute Gasteiger partial charge is 0.229 e. The molecular formula is C19H24N4O2. The van der Waals surface area contributed by atoms with Crippen molar-refractivity contribution in [3.8, 4) is 11.5 Å². The molecule has 2 aromatic rings. The first-order valence-corrected chi connectivity index (χ1v) is 7.89. The third-order valence-corrected chi connectivity index (χ3v) is 3.55. The summed E-state index contributed by atoms with van der Waals surface area (Å²) in [6.07, 6.45) is 0. The fourth-order valence-electron chi connectivity index (χ4n) is 2.00. The van der Waals surface area contributed by atoms with Crippen molar-refractivity contribution in [1.82, 2.24) is 4.90 Å². The number of anilines is 1. The second-order valence-electron chi connectivity index (χ2n) is 5.52. The first kappa shape index (κ1) is 18.3. The van der Waals surface area contributed by atoms with Crippen LogP contribution in [0.1, 0.15) is 6.92 Å². The summed E-state index contributed by atoms with van der Waals surface area (Å²) in [5.74, 6) is 2.63. The minimum atomic E-state index is 0.490. The van der Waals surface area contributed by atoms with E-state index in [0.29, 0.717) is 17.5 Å². The first-order valence-electron chi connectivity index (χ1n) is 7.89. The van der Waals surface area contributed by atoms with E-state index in [4.69, 9.17) is 9.47 Å². The van der Waals surface area contributed by atoms with Gasteiger partial charge in [0, 0.05) is 25.8 Å². The zero-order chi connectivity index (χ0) is 18.2. The van der Waals surface area contributed by atoms with Gasteiger partial charge in [-0.3, -0.25) is 0 Å². The molecule has 25 heavy (non-hydrogen) atoms. The molecule has 0 aliphatic carbocycles. The predicted molar refractivity (Wildman–Crippen MR) is 104 cm³/mol. The minimum absolute atomic E-state index is 0.490. The Labute approximate surface area is 148 Å². The second kappa shape index (κ2) is 8.73. The van der Waals surface area contributed by atoms with E-state index >= 15 is 0 Å². The van der Waals surface area contributed by atoms with Gasteiger partial charge in [-0.1, -0.05) is 18.2 Å². The Kier molecular flexibility index (Phi) is 6.39. The molecule has 0 heterocycles. The number of hydrogen-bond donors (Lipinski definition) is 1. The lowest BCUT2D eigenvalue weighted by atomic mass is 10.2. The highest BCUT2D eigenvalue weighted by molar-refractivity contribution is 6.03. The number of hydrogen-bond acceptors (Lipinski definition) is 3. The van der Waals surface area contributed by atoms with Crippen LogP contribution in [-0.2, 0) is 0 Å². The maximum absolute atomic E-state index is 5.35. The van der Waals surface area contributed by atoms with Gasteiger partial charge in [0.2, 0.25) is 5.96 Å². The average molecular weight is 340 g/mol. The molecule has 2 rings (SSSR count). The highest BCUT2D eigenvalue weighted by Crippen LogP contribution is 2.29. The van der Waals surface area contributed by atoms with E-state index in [1.807, 2.05) is 74.4 Å². The number of para-hydroxylation sites is 1. The molecule has 0 unspecified atom stereocenters. The highest BCUT2D eigenvalue weighted by atomic mass is 16.5. The maximum atomic E-state index is 5.35. The molecule has 0 aliphatic heterocycles. The van der Waals surface area contributed by atoms with E-state index in [-0.39, 0.29) is 0 Å². The Balaban J connectivity index is 2.36. The standard InChI is InChI=1S/C19H24N4O2/c1-14(23(2)3)20-19(21-15-9-7-6-8-10-15)22-16-11-12-17(24-4)18(13-16)25-5/h6-13H,1-5H3,(H,21,22). The van der Waals surface area contributed by atoms with E-state index < -0.39 is 0 Å². The van der Waals surface area contributed by atoms with Crippen LogP contribution in [0, 0.1) is 0 Å². The molecule has 0 fully saturated rings. The molecule has 0 saturated carbocycles. The monoisotopic (exact) mass is 340 g/mol. The number of ether oxygens (including phenoxy) is 2. The molecule has 0 amide bonds. The zero-order valence-electron chi connectivity index (χ0n) is 15.3. The molecule has 6 heteroatoms. The molecule has 0 aliphatic rings. The molecule has 0 spiro atoms. The number of aliphatic imine (C=N–C) groups is 2. The summed E-state index contributed by atoms with van der Waals surface area (Å²) in [4.78, 5) is 11.1. The van der Waals surface area contributed by atoms with Gasteiger partial charge in [-0.2, -0.15) is 0 Å². The number of guanidine groups is 1. The third-order valence-electron chi connectivity index (χ3n) is 3.55. The normalized spacial score (nSPS) is 11.9. The van der Waals surface area contributed by atoms with Gasteiger partial charge in [-0.15, -0.1) is 0 Å². The summed E-state index contributed by atoms with van der Waals surface area (Å²) in [6.45, 7) is 1.93. The Morgan fingerprint density at radius 2 is 1.64 bits per heavy atom. The molecule has 0 aromatic heterocycles. The van der Waals surface area contributed by atoms with Crippen molar-refractivity contribution < 1.29 is 9.47 Å². The van der Waals surface area contributed by atoms with Gasteiger partial charge in [-0.25, -0.2) is 9.98 Å². The average Bonchev–Trinajstić information content (AvgIpc) is 2.62. The molecule has 1 N–H and O–H groups in total. The summed E-state index contributed by atoms with van der Waals surface area (Å²) in [6, 6.07) is 15.3. The molecule has 0 radical (unpaired) electrons. The van der Waals surface area contributed by atoms with Crippen molar-refractivity contribution in [2.24, 2.45) is 9.98 Å². The molecule has 0 atom stereocenters. The van der Waals surface area contributed by atoms with E-state index in [1.54, 1.807) is 14.2 Å². The summed E-state index contributed by atoms with van der Waals surface area (Å²) < 4.78 is 10.6. The Bertz CT molecular complexity index is 755. The lowest BCUT2D eigenvalue weighted by Crippen LogP contribution is -2.22. The number of nitrogens with zero attached hydrogens (tertiary/aromatic N) is 3. The second-order valence-corrected chi connectivity index (χ2v) is 5.52. The minimum Gasteiger partial charge on any atom is -0.493 e. The van der Waals surface area contributed by atoms with Crippen LogP contribution in [0.2, 0.25) is 0 Å². The SMILES string of the molecule is COc1ccc(NC(=Nc2ccccc2)N=C(C)N(C)C)cc1OC. The molecule has 2 aromatic carbocycles. The lowest BCUT2D eigenvalue weighted by Gasteiger charge is -2.14. The highest BCUT2D eigenvalue weighted by Gasteiger charge is 2.07. The van der Waals surface area contributed by atoms with Gasteiger partial charge in [-0.05, 0) is 31.2 Å². The molecule has 0 saturated heterocycles. The van der Waals surface area contributed by atoms with Crippen molar-refractivity contribution in [2.75, 3.05) is 33.6 Å². The summed E-state index contributed by atoms with van der Waals surface area (Å²) in [5.41, 5.74) is 1.63. The predicted octanol–water partition coefficient (Wildman–Crippen LogP) is 3.78. The molecular weight excluding hydrogens is 316 g/mol. The Morgan fingerprint density at radius 1 is 0.960 bits per heavy atom. The number of methoxy groups -OCH3 is 2. The van der Waals surface area contributed by atoms with Crippen LogP contribution in [0.3, 0.4) is 0 Å². The van der Waals surface area contributed by atoms with Gasteiger partial charge in [0.05, 0.1) is 19.9 Å². The van der Waals surface area contributed by atoms with Crippen molar-refractivity contribution in [2.45, 2.75) is 6.92 Å². The van der Waals surface area contributed by atoms with Crippen molar-refractivity contribution in [3.63, 3.8) is 0 Å². The van der Waals surface area contributed by atoms with Crippen LogP contribution in [-0.4, -0.2) is 45.0 Å². The van der Waals surface area contributed by atoms with Gasteiger partial charge in [0.15, 0.2) is 11.5 Å². The molecule has 6 nitrogen and oxygen atoms in total. The largest absolute Gasteiger partial charge is 0.493 e. The number of rotatable bonds is 4. The van der Waals surface area contributed by atoms with E-state index in [1.165, 1.54) is 0 Å². The van der Waals surface area contributed by atoms with Crippen molar-refractivity contribution >= 4 is 23.2 Å². The molecule has 0 bridgehead atoms. The van der Waals surface area contributed by atoms with Crippen LogP contribution in [0.4, 0.5) is 11.4 Å². The van der Waals surface area contributed by atoms with Gasteiger partial charge < -0.3 is 19.7 Å². The number of amidine groups is 1. The third kappa shape index (κ3) is 5.24. The Hall–Kier alpha value is -3.02. The fraction of sp³-hybridized carbons (Fsp3) is 0.263. The summed E-state index contributed by atoms with van der Waals surface area (Å²) >= 11 is 0. The Morgan fingerprint density at radius 3 is 2.24 bits per heavy atom. The van der Waals surface area contributed by atoms with Gasteiger partial charge >= 0.3 is 0 Å². The van der Waals surface area contributed by atoms with Gasteiger partial charge in [0.1, 0.15) is 5.84 Å². The van der Waals surface area contributed by atoms with E-state index in [9.17, 15) is 0 Å². The number of nitrogens with one attached hydrogen (secondary N) is 1. The summed E-state index contributed by atoms with van der Waals surface area (Å²) in [5, 5.41) is 3.24.